The Morgan fingerprint density at radius 2 is 1.54 bits per heavy atom. The van der Waals surface area contributed by atoms with Gasteiger partial charge in [-0.25, -0.2) is 4.79 Å². The number of rotatable bonds is 6. The van der Waals surface area contributed by atoms with Crippen LogP contribution >= 0.6 is 0 Å². The van der Waals surface area contributed by atoms with Crippen molar-refractivity contribution in [2.45, 2.75) is 38.0 Å². The highest BCUT2D eigenvalue weighted by molar-refractivity contribution is 5.65. The molecule has 0 bridgehead atoms. The predicted octanol–water partition coefficient (Wildman–Crippen LogP) is 3.19. The van der Waals surface area contributed by atoms with E-state index in [2.05, 4.69) is 29.2 Å². The second kappa shape index (κ2) is 8.83. The van der Waals surface area contributed by atoms with Gasteiger partial charge in [-0.05, 0) is 24.0 Å². The van der Waals surface area contributed by atoms with Crippen LogP contribution in [-0.2, 0) is 13.1 Å². The average Bonchev–Trinajstić information content (AvgIpc) is 2.68. The third kappa shape index (κ3) is 4.62. The maximum Gasteiger partial charge on any atom is 0.407 e. The number of hydrogen-bond donors (Lipinski definition) is 2. The zero-order valence-electron chi connectivity index (χ0n) is 14.9. The molecule has 0 radical (unpaired) electrons. The molecule has 3 rings (SSSR count). The van der Waals surface area contributed by atoms with E-state index in [-0.39, 0.29) is 18.7 Å². The van der Waals surface area contributed by atoms with E-state index in [9.17, 15) is 15.0 Å². The molecule has 138 valence electrons. The Morgan fingerprint density at radius 1 is 1.00 bits per heavy atom. The highest BCUT2D eigenvalue weighted by Gasteiger charge is 2.33. The summed E-state index contributed by atoms with van der Waals surface area (Å²) in [7, 11) is 0. The van der Waals surface area contributed by atoms with Gasteiger partial charge in [0.15, 0.2) is 0 Å². The number of aliphatic hydroxyl groups excluding tert-OH is 1. The highest BCUT2D eigenvalue weighted by atomic mass is 16.4. The number of hydrogen-bond acceptors (Lipinski definition) is 3. The molecule has 1 aliphatic heterocycles. The molecule has 26 heavy (non-hydrogen) atoms. The number of amides is 1. The summed E-state index contributed by atoms with van der Waals surface area (Å²) in [5, 5.41) is 19.0. The van der Waals surface area contributed by atoms with Crippen LogP contribution in [0.3, 0.4) is 0 Å². The van der Waals surface area contributed by atoms with Gasteiger partial charge in [0.05, 0.1) is 12.6 Å². The molecule has 1 heterocycles. The number of carbonyl (C=O) groups is 1. The van der Waals surface area contributed by atoms with Crippen LogP contribution in [0.5, 0.6) is 0 Å². The molecule has 0 spiro atoms. The first kappa shape index (κ1) is 18.4. The summed E-state index contributed by atoms with van der Waals surface area (Å²) in [6.45, 7) is 1.95. The van der Waals surface area contributed by atoms with E-state index in [4.69, 9.17) is 0 Å². The predicted molar refractivity (Wildman–Crippen MR) is 101 cm³/mol. The second-order valence-electron chi connectivity index (χ2n) is 6.87. The van der Waals surface area contributed by atoms with Crippen LogP contribution in [0.2, 0.25) is 0 Å². The minimum atomic E-state index is -0.944. The highest BCUT2D eigenvalue weighted by Crippen LogP contribution is 2.25. The standard InChI is InChI=1S/C21H26N2O3/c24-16-20-13-19(11-12-23(20)21(25)26)22(14-17-7-3-1-4-8-17)15-18-9-5-2-6-10-18/h1-10,19-20,24H,11-16H2,(H,25,26)/t19-,20+/m0/s1. The molecule has 1 saturated heterocycles. The Bertz CT molecular complexity index is 651. The topological polar surface area (TPSA) is 64.0 Å². The number of likely N-dealkylation sites (tertiary alicyclic amines) is 1. The number of nitrogens with zero attached hydrogens (tertiary/aromatic N) is 2. The van der Waals surface area contributed by atoms with E-state index in [1.807, 2.05) is 36.4 Å². The summed E-state index contributed by atoms with van der Waals surface area (Å²) in [6, 6.07) is 20.6. The summed E-state index contributed by atoms with van der Waals surface area (Å²) in [6.07, 6.45) is 0.491. The third-order valence-electron chi connectivity index (χ3n) is 5.12. The van der Waals surface area contributed by atoms with Gasteiger partial charge >= 0.3 is 6.09 Å². The lowest BCUT2D eigenvalue weighted by atomic mass is 9.95. The Morgan fingerprint density at radius 3 is 2.00 bits per heavy atom. The quantitative estimate of drug-likeness (QED) is 0.836. The summed E-state index contributed by atoms with van der Waals surface area (Å²) in [5.41, 5.74) is 2.48. The van der Waals surface area contributed by atoms with E-state index < -0.39 is 6.09 Å². The van der Waals surface area contributed by atoms with Crippen LogP contribution in [0.4, 0.5) is 4.79 Å². The molecule has 2 N–H and O–H groups in total. The lowest BCUT2D eigenvalue weighted by molar-refractivity contribution is 0.0330. The van der Waals surface area contributed by atoms with Gasteiger partial charge in [-0.3, -0.25) is 4.90 Å². The smallest absolute Gasteiger partial charge is 0.407 e. The normalized spacial score (nSPS) is 20.3. The number of carboxylic acid groups (broad SMARTS) is 1. The first-order chi connectivity index (χ1) is 12.7. The van der Waals surface area contributed by atoms with Crippen LogP contribution in [-0.4, -0.2) is 51.3 Å². The van der Waals surface area contributed by atoms with Gasteiger partial charge in [0.2, 0.25) is 0 Å². The summed E-state index contributed by atoms with van der Waals surface area (Å²) < 4.78 is 0. The van der Waals surface area contributed by atoms with E-state index in [1.165, 1.54) is 16.0 Å². The number of benzene rings is 2. The minimum Gasteiger partial charge on any atom is -0.465 e. The van der Waals surface area contributed by atoms with E-state index in [1.54, 1.807) is 0 Å². The van der Waals surface area contributed by atoms with E-state index in [0.29, 0.717) is 13.0 Å². The fraction of sp³-hybridized carbons (Fsp3) is 0.381. The minimum absolute atomic E-state index is 0.132. The van der Waals surface area contributed by atoms with Gasteiger partial charge in [-0.15, -0.1) is 0 Å². The molecule has 0 aliphatic carbocycles. The molecule has 0 aromatic heterocycles. The monoisotopic (exact) mass is 354 g/mol. The Labute approximate surface area is 154 Å². The zero-order chi connectivity index (χ0) is 18.4. The molecule has 1 amide bonds. The van der Waals surface area contributed by atoms with Crippen molar-refractivity contribution in [3.05, 3.63) is 71.8 Å². The van der Waals surface area contributed by atoms with Gasteiger partial charge in [-0.1, -0.05) is 60.7 Å². The summed E-state index contributed by atoms with van der Waals surface area (Å²) in [5.74, 6) is 0. The van der Waals surface area contributed by atoms with Gasteiger partial charge in [0, 0.05) is 25.7 Å². The first-order valence-corrected chi connectivity index (χ1v) is 9.09. The average molecular weight is 354 g/mol. The van der Waals surface area contributed by atoms with Crippen LogP contribution in [0, 0.1) is 0 Å². The largest absolute Gasteiger partial charge is 0.465 e. The second-order valence-corrected chi connectivity index (χ2v) is 6.87. The van der Waals surface area contributed by atoms with Crippen LogP contribution < -0.4 is 0 Å². The third-order valence-corrected chi connectivity index (χ3v) is 5.12. The maximum absolute atomic E-state index is 11.4. The Balaban J connectivity index is 1.77. The summed E-state index contributed by atoms with van der Waals surface area (Å²) >= 11 is 0. The molecule has 0 saturated carbocycles. The molecule has 5 heteroatoms. The van der Waals surface area contributed by atoms with E-state index in [0.717, 1.165) is 19.5 Å². The fourth-order valence-electron chi connectivity index (χ4n) is 3.74. The Hall–Kier alpha value is -2.37. The van der Waals surface area contributed by atoms with Gasteiger partial charge in [0.1, 0.15) is 0 Å². The van der Waals surface area contributed by atoms with Crippen LogP contribution in [0.15, 0.2) is 60.7 Å². The van der Waals surface area contributed by atoms with Crippen molar-refractivity contribution in [3.63, 3.8) is 0 Å². The van der Waals surface area contributed by atoms with Crippen molar-refractivity contribution in [1.29, 1.82) is 0 Å². The van der Waals surface area contributed by atoms with Crippen molar-refractivity contribution >= 4 is 6.09 Å². The number of aliphatic hydroxyl groups is 1. The molecule has 2 aromatic carbocycles. The van der Waals surface area contributed by atoms with Gasteiger partial charge in [-0.2, -0.15) is 0 Å². The maximum atomic E-state index is 11.4. The molecular formula is C21H26N2O3. The lowest BCUT2D eigenvalue weighted by Crippen LogP contribution is -2.52. The van der Waals surface area contributed by atoms with Crippen molar-refractivity contribution < 1.29 is 15.0 Å². The molecule has 0 unspecified atom stereocenters. The molecule has 1 aliphatic rings. The first-order valence-electron chi connectivity index (χ1n) is 9.09. The fourth-order valence-corrected chi connectivity index (χ4v) is 3.74. The SMILES string of the molecule is O=C(O)N1CC[C@H](N(Cc2ccccc2)Cc2ccccc2)C[C@@H]1CO. The van der Waals surface area contributed by atoms with Crippen molar-refractivity contribution in [2.24, 2.45) is 0 Å². The molecule has 2 aromatic rings. The molecule has 1 fully saturated rings. The lowest BCUT2D eigenvalue weighted by Gasteiger charge is -2.42. The molecular weight excluding hydrogens is 328 g/mol. The zero-order valence-corrected chi connectivity index (χ0v) is 14.9. The van der Waals surface area contributed by atoms with Gasteiger partial charge < -0.3 is 15.1 Å². The summed E-state index contributed by atoms with van der Waals surface area (Å²) in [4.78, 5) is 15.2. The molecule has 2 atom stereocenters. The van der Waals surface area contributed by atoms with Crippen LogP contribution in [0.25, 0.3) is 0 Å². The van der Waals surface area contributed by atoms with Crippen molar-refractivity contribution in [2.75, 3.05) is 13.2 Å². The van der Waals surface area contributed by atoms with E-state index >= 15 is 0 Å². The van der Waals surface area contributed by atoms with Crippen LogP contribution in [0.1, 0.15) is 24.0 Å². The Kier molecular flexibility index (Phi) is 6.26. The molecule has 5 nitrogen and oxygen atoms in total. The van der Waals surface area contributed by atoms with Gasteiger partial charge in [0.25, 0.3) is 0 Å². The number of piperidine rings is 1. The van der Waals surface area contributed by atoms with Crippen molar-refractivity contribution in [3.8, 4) is 0 Å². The van der Waals surface area contributed by atoms with Crippen molar-refractivity contribution in [1.82, 2.24) is 9.80 Å².